The van der Waals surface area contributed by atoms with Gasteiger partial charge in [-0.2, -0.15) is 0 Å². The van der Waals surface area contributed by atoms with Gasteiger partial charge in [0.25, 0.3) is 11.8 Å². The van der Waals surface area contributed by atoms with Crippen LogP contribution in [0.15, 0.2) is 24.3 Å². The second kappa shape index (κ2) is 4.60. The maximum Gasteiger partial charge on any atom is 0.306 e. The summed E-state index contributed by atoms with van der Waals surface area (Å²) in [5.74, 6) is -2.18. The van der Waals surface area contributed by atoms with Crippen molar-refractivity contribution in [3.63, 3.8) is 0 Å². The molecule has 1 atom stereocenters. The summed E-state index contributed by atoms with van der Waals surface area (Å²) in [6.45, 7) is 1.69. The van der Waals surface area contributed by atoms with Crippen molar-refractivity contribution in [2.45, 2.75) is 13.3 Å². The van der Waals surface area contributed by atoms with E-state index in [1.165, 1.54) is 0 Å². The van der Waals surface area contributed by atoms with Gasteiger partial charge in [0, 0.05) is 6.54 Å². The number of carboxylic acid groups (broad SMARTS) is 1. The number of aliphatic carboxylic acids is 1. The van der Waals surface area contributed by atoms with E-state index < -0.39 is 11.9 Å². The van der Waals surface area contributed by atoms with Crippen LogP contribution in [0.3, 0.4) is 0 Å². The number of hydrogen-bond donors (Lipinski definition) is 1. The van der Waals surface area contributed by atoms with Gasteiger partial charge in [0.05, 0.1) is 17.0 Å². The third-order valence-corrected chi connectivity index (χ3v) is 3.09. The molecule has 1 heterocycles. The summed E-state index contributed by atoms with van der Waals surface area (Å²) in [4.78, 5) is 35.7. The highest BCUT2D eigenvalue weighted by Gasteiger charge is 2.35. The molecule has 0 saturated carbocycles. The summed E-state index contributed by atoms with van der Waals surface area (Å²) in [6, 6.07) is 6.62. The standard InChI is InChI=1S/C13H13NO4/c1-8(13(17)18)6-7-14-11(15)9-4-2-3-5-10(9)12(14)16/h2-5,8H,6-7H2,1H3,(H,17,18)/t8-/m0/s1. The van der Waals surface area contributed by atoms with E-state index in [1.54, 1.807) is 31.2 Å². The SMILES string of the molecule is C[C@@H](CCN1C(=O)c2ccccc2C1=O)C(=O)O. The summed E-state index contributed by atoms with van der Waals surface area (Å²) >= 11 is 0. The number of carbonyl (C=O) groups excluding carboxylic acids is 2. The number of amides is 2. The zero-order valence-corrected chi connectivity index (χ0v) is 9.92. The fourth-order valence-electron chi connectivity index (χ4n) is 1.89. The molecule has 1 aliphatic heterocycles. The van der Waals surface area contributed by atoms with Crippen molar-refractivity contribution >= 4 is 17.8 Å². The van der Waals surface area contributed by atoms with Crippen molar-refractivity contribution in [3.05, 3.63) is 35.4 Å². The molecule has 5 heteroatoms. The first kappa shape index (κ1) is 12.3. The first-order chi connectivity index (χ1) is 8.52. The molecule has 0 aliphatic carbocycles. The van der Waals surface area contributed by atoms with E-state index in [-0.39, 0.29) is 24.8 Å². The van der Waals surface area contributed by atoms with Crippen LogP contribution < -0.4 is 0 Å². The zero-order chi connectivity index (χ0) is 13.3. The molecule has 1 aromatic rings. The van der Waals surface area contributed by atoms with Gasteiger partial charge in [-0.15, -0.1) is 0 Å². The maximum atomic E-state index is 11.9. The third kappa shape index (κ3) is 1.99. The molecule has 0 radical (unpaired) electrons. The molecule has 1 aromatic carbocycles. The second-order valence-electron chi connectivity index (χ2n) is 4.34. The number of benzene rings is 1. The first-order valence-corrected chi connectivity index (χ1v) is 5.70. The van der Waals surface area contributed by atoms with Crippen LogP contribution in [0.5, 0.6) is 0 Å². The minimum absolute atomic E-state index is 0.139. The zero-order valence-electron chi connectivity index (χ0n) is 9.92. The Bertz CT molecular complexity index is 488. The van der Waals surface area contributed by atoms with Crippen LogP contribution in [0, 0.1) is 5.92 Å². The molecule has 0 saturated heterocycles. The molecule has 0 aromatic heterocycles. The molecule has 18 heavy (non-hydrogen) atoms. The molecule has 1 N–H and O–H groups in total. The van der Waals surface area contributed by atoms with E-state index in [0.717, 1.165) is 4.90 Å². The van der Waals surface area contributed by atoms with Gasteiger partial charge in [-0.3, -0.25) is 19.3 Å². The Hall–Kier alpha value is -2.17. The van der Waals surface area contributed by atoms with Crippen molar-refractivity contribution in [2.75, 3.05) is 6.54 Å². The number of hydrogen-bond acceptors (Lipinski definition) is 3. The second-order valence-corrected chi connectivity index (χ2v) is 4.34. The predicted octanol–water partition coefficient (Wildman–Crippen LogP) is 1.39. The fraction of sp³-hybridized carbons (Fsp3) is 0.308. The van der Waals surface area contributed by atoms with Gasteiger partial charge in [-0.25, -0.2) is 0 Å². The Balaban J connectivity index is 2.12. The largest absolute Gasteiger partial charge is 0.481 e. The van der Waals surface area contributed by atoms with Crippen molar-refractivity contribution < 1.29 is 19.5 Å². The Morgan fingerprint density at radius 1 is 1.22 bits per heavy atom. The number of fused-ring (bicyclic) bond motifs is 1. The van der Waals surface area contributed by atoms with Gasteiger partial charge in [-0.05, 0) is 18.6 Å². The molecule has 1 aliphatic rings. The molecular weight excluding hydrogens is 234 g/mol. The molecule has 94 valence electrons. The lowest BCUT2D eigenvalue weighted by Crippen LogP contribution is -2.32. The van der Waals surface area contributed by atoms with Crippen LogP contribution in [0.4, 0.5) is 0 Å². The lowest BCUT2D eigenvalue weighted by molar-refractivity contribution is -0.141. The molecule has 0 fully saturated rings. The Labute approximate surface area is 104 Å². The fourth-order valence-corrected chi connectivity index (χ4v) is 1.89. The monoisotopic (exact) mass is 247 g/mol. The third-order valence-electron chi connectivity index (χ3n) is 3.09. The number of carboxylic acids is 1. The average Bonchev–Trinajstić information content (AvgIpc) is 2.60. The van der Waals surface area contributed by atoms with Crippen LogP contribution in [0.1, 0.15) is 34.1 Å². The van der Waals surface area contributed by atoms with Crippen LogP contribution in [0.25, 0.3) is 0 Å². The summed E-state index contributed by atoms with van der Waals surface area (Å²) in [7, 11) is 0. The van der Waals surface area contributed by atoms with E-state index in [2.05, 4.69) is 0 Å². The topological polar surface area (TPSA) is 74.7 Å². The summed E-state index contributed by atoms with van der Waals surface area (Å²) in [5.41, 5.74) is 0.788. The van der Waals surface area contributed by atoms with E-state index >= 15 is 0 Å². The Morgan fingerprint density at radius 2 is 1.72 bits per heavy atom. The van der Waals surface area contributed by atoms with Crippen molar-refractivity contribution in [1.29, 1.82) is 0 Å². The van der Waals surface area contributed by atoms with Gasteiger partial charge in [0.2, 0.25) is 0 Å². The predicted molar refractivity (Wildman–Crippen MR) is 63.2 cm³/mol. The van der Waals surface area contributed by atoms with E-state index in [9.17, 15) is 14.4 Å². The minimum Gasteiger partial charge on any atom is -0.481 e. The molecule has 2 amide bonds. The Morgan fingerprint density at radius 3 is 2.17 bits per heavy atom. The number of carbonyl (C=O) groups is 3. The van der Waals surface area contributed by atoms with Gasteiger partial charge in [0.1, 0.15) is 0 Å². The summed E-state index contributed by atoms with van der Waals surface area (Å²) < 4.78 is 0. The van der Waals surface area contributed by atoms with E-state index in [0.29, 0.717) is 11.1 Å². The van der Waals surface area contributed by atoms with Crippen LogP contribution in [-0.2, 0) is 4.79 Å². The highest BCUT2D eigenvalue weighted by molar-refractivity contribution is 6.21. The number of rotatable bonds is 4. The Kier molecular flexibility index (Phi) is 3.14. The molecular formula is C13H13NO4. The first-order valence-electron chi connectivity index (χ1n) is 5.70. The highest BCUT2D eigenvalue weighted by atomic mass is 16.4. The molecule has 0 unspecified atom stereocenters. The summed E-state index contributed by atoms with van der Waals surface area (Å²) in [5, 5.41) is 8.77. The molecule has 2 rings (SSSR count). The van der Waals surface area contributed by atoms with Gasteiger partial charge in [0.15, 0.2) is 0 Å². The van der Waals surface area contributed by atoms with E-state index in [4.69, 9.17) is 5.11 Å². The van der Waals surface area contributed by atoms with Gasteiger partial charge < -0.3 is 5.11 Å². The van der Waals surface area contributed by atoms with Crippen LogP contribution in [-0.4, -0.2) is 34.3 Å². The van der Waals surface area contributed by atoms with Crippen molar-refractivity contribution in [1.82, 2.24) is 4.90 Å². The molecule has 5 nitrogen and oxygen atoms in total. The normalized spacial score (nSPS) is 15.7. The van der Waals surface area contributed by atoms with Gasteiger partial charge >= 0.3 is 5.97 Å². The maximum absolute atomic E-state index is 11.9. The highest BCUT2D eigenvalue weighted by Crippen LogP contribution is 2.23. The number of nitrogens with zero attached hydrogens (tertiary/aromatic N) is 1. The quantitative estimate of drug-likeness (QED) is 0.816. The van der Waals surface area contributed by atoms with Gasteiger partial charge in [-0.1, -0.05) is 19.1 Å². The van der Waals surface area contributed by atoms with Crippen LogP contribution in [0.2, 0.25) is 0 Å². The van der Waals surface area contributed by atoms with Crippen molar-refractivity contribution in [2.24, 2.45) is 5.92 Å². The number of imide groups is 1. The smallest absolute Gasteiger partial charge is 0.306 e. The van der Waals surface area contributed by atoms with Crippen LogP contribution >= 0.6 is 0 Å². The van der Waals surface area contributed by atoms with Crippen molar-refractivity contribution in [3.8, 4) is 0 Å². The van der Waals surface area contributed by atoms with E-state index in [1.807, 2.05) is 0 Å². The molecule has 0 spiro atoms. The summed E-state index contributed by atoms with van der Waals surface area (Å²) in [6.07, 6.45) is 0.265. The molecule has 0 bridgehead atoms. The lowest BCUT2D eigenvalue weighted by atomic mass is 10.1. The lowest BCUT2D eigenvalue weighted by Gasteiger charge is -2.15. The average molecular weight is 247 g/mol. The minimum atomic E-state index is -0.924.